The van der Waals surface area contributed by atoms with E-state index in [0.29, 0.717) is 12.6 Å². The van der Waals surface area contributed by atoms with Gasteiger partial charge < -0.3 is 5.32 Å². The van der Waals surface area contributed by atoms with Crippen molar-refractivity contribution < 1.29 is 4.79 Å². The highest BCUT2D eigenvalue weighted by atomic mass is 32.2. The first kappa shape index (κ1) is 15.6. The van der Waals surface area contributed by atoms with Crippen LogP contribution in [0.5, 0.6) is 0 Å². The van der Waals surface area contributed by atoms with Crippen LogP contribution in [-0.2, 0) is 4.79 Å². The van der Waals surface area contributed by atoms with Crippen molar-refractivity contribution in [1.29, 1.82) is 0 Å². The zero-order valence-corrected chi connectivity index (χ0v) is 14.3. The summed E-state index contributed by atoms with van der Waals surface area (Å²) < 4.78 is 0. The van der Waals surface area contributed by atoms with Crippen LogP contribution in [0.1, 0.15) is 23.8 Å². The van der Waals surface area contributed by atoms with Crippen LogP contribution in [0.3, 0.4) is 0 Å². The van der Waals surface area contributed by atoms with Crippen molar-refractivity contribution in [2.75, 3.05) is 24.7 Å². The largest absolute Gasteiger partial charge is 0.324 e. The second-order valence-electron chi connectivity index (χ2n) is 5.39. The van der Waals surface area contributed by atoms with E-state index < -0.39 is 0 Å². The minimum Gasteiger partial charge on any atom is -0.324 e. The molecule has 2 aromatic rings. The van der Waals surface area contributed by atoms with Crippen LogP contribution >= 0.6 is 23.1 Å². The standard InChI is InChI=1S/C17H20N2OS2/c1-21-15-8-3-2-6-13(15)18-17(20)12-19-10-4-7-14(19)16-9-5-11-22-16/h2-3,5-6,8-9,11,14H,4,7,10,12H2,1H3,(H,18,20)/t14-/m0/s1. The third kappa shape index (κ3) is 3.54. The van der Waals surface area contributed by atoms with Gasteiger partial charge in [-0.1, -0.05) is 18.2 Å². The van der Waals surface area contributed by atoms with Gasteiger partial charge in [0.1, 0.15) is 0 Å². The quantitative estimate of drug-likeness (QED) is 0.831. The van der Waals surface area contributed by atoms with Gasteiger partial charge in [-0.15, -0.1) is 23.1 Å². The van der Waals surface area contributed by atoms with Gasteiger partial charge in [-0.05, 0) is 49.2 Å². The molecule has 1 saturated heterocycles. The van der Waals surface area contributed by atoms with Crippen molar-refractivity contribution in [1.82, 2.24) is 4.90 Å². The molecule has 5 heteroatoms. The molecule has 0 unspecified atom stereocenters. The molecule has 1 aliphatic heterocycles. The molecule has 1 fully saturated rings. The van der Waals surface area contributed by atoms with E-state index in [2.05, 4.69) is 27.7 Å². The van der Waals surface area contributed by atoms with E-state index in [1.54, 1.807) is 23.1 Å². The topological polar surface area (TPSA) is 32.3 Å². The molecule has 1 aromatic heterocycles. The van der Waals surface area contributed by atoms with Gasteiger partial charge in [-0.2, -0.15) is 0 Å². The Morgan fingerprint density at radius 3 is 3.00 bits per heavy atom. The SMILES string of the molecule is CSc1ccccc1NC(=O)CN1CCC[C@H]1c1cccs1. The molecular weight excluding hydrogens is 312 g/mol. The predicted molar refractivity (Wildman–Crippen MR) is 94.7 cm³/mol. The van der Waals surface area contributed by atoms with Crippen LogP contribution < -0.4 is 5.32 Å². The highest BCUT2D eigenvalue weighted by Crippen LogP contribution is 2.34. The maximum atomic E-state index is 12.4. The number of nitrogens with zero attached hydrogens (tertiary/aromatic N) is 1. The number of anilines is 1. The molecule has 1 amide bonds. The number of carbonyl (C=O) groups is 1. The summed E-state index contributed by atoms with van der Waals surface area (Å²) in [7, 11) is 0. The van der Waals surface area contributed by atoms with Crippen molar-refractivity contribution in [3.05, 3.63) is 46.7 Å². The van der Waals surface area contributed by atoms with Gasteiger partial charge >= 0.3 is 0 Å². The summed E-state index contributed by atoms with van der Waals surface area (Å²) in [5.41, 5.74) is 0.909. The predicted octanol–water partition coefficient (Wildman–Crippen LogP) is 4.25. The second kappa shape index (κ2) is 7.31. The Balaban J connectivity index is 1.64. The number of para-hydroxylation sites is 1. The molecule has 0 spiro atoms. The summed E-state index contributed by atoms with van der Waals surface area (Å²) in [5.74, 6) is 0.0740. The minimum absolute atomic E-state index is 0.0740. The Morgan fingerprint density at radius 2 is 2.23 bits per heavy atom. The van der Waals surface area contributed by atoms with E-state index in [-0.39, 0.29) is 5.91 Å². The lowest BCUT2D eigenvalue weighted by molar-refractivity contribution is -0.117. The fourth-order valence-electron chi connectivity index (χ4n) is 2.94. The summed E-state index contributed by atoms with van der Waals surface area (Å²) in [6.45, 7) is 1.46. The molecule has 1 aliphatic rings. The van der Waals surface area contributed by atoms with Crippen LogP contribution in [0.2, 0.25) is 0 Å². The van der Waals surface area contributed by atoms with E-state index in [1.165, 1.54) is 4.88 Å². The second-order valence-corrected chi connectivity index (χ2v) is 7.22. The third-order valence-electron chi connectivity index (χ3n) is 3.96. The lowest BCUT2D eigenvalue weighted by atomic mass is 10.2. The Labute approximate surface area is 139 Å². The molecule has 0 saturated carbocycles. The van der Waals surface area contributed by atoms with Gasteiger partial charge in [0.15, 0.2) is 0 Å². The van der Waals surface area contributed by atoms with Gasteiger partial charge in [0, 0.05) is 15.8 Å². The van der Waals surface area contributed by atoms with E-state index >= 15 is 0 Å². The van der Waals surface area contributed by atoms with Crippen LogP contribution in [0.15, 0.2) is 46.7 Å². The molecule has 1 aromatic carbocycles. The van der Waals surface area contributed by atoms with Crippen LogP contribution in [0.4, 0.5) is 5.69 Å². The summed E-state index contributed by atoms with van der Waals surface area (Å²) in [6.07, 6.45) is 4.34. The molecule has 22 heavy (non-hydrogen) atoms. The maximum Gasteiger partial charge on any atom is 0.238 e. The normalized spacial score (nSPS) is 18.5. The number of likely N-dealkylation sites (tertiary alicyclic amines) is 1. The summed E-state index contributed by atoms with van der Waals surface area (Å²) in [6, 6.07) is 12.6. The van der Waals surface area contributed by atoms with Crippen molar-refractivity contribution in [3.8, 4) is 0 Å². The number of thiophene rings is 1. The average molecular weight is 332 g/mol. The summed E-state index contributed by atoms with van der Waals surface area (Å²) >= 11 is 3.44. The molecule has 1 N–H and O–H groups in total. The number of nitrogens with one attached hydrogen (secondary N) is 1. The summed E-state index contributed by atoms with van der Waals surface area (Å²) in [5, 5.41) is 5.17. The molecule has 0 aliphatic carbocycles. The van der Waals surface area contributed by atoms with E-state index in [1.807, 2.05) is 30.5 Å². The third-order valence-corrected chi connectivity index (χ3v) is 5.73. The van der Waals surface area contributed by atoms with Gasteiger partial charge in [0.05, 0.1) is 12.2 Å². The lowest BCUT2D eigenvalue weighted by Gasteiger charge is -2.23. The minimum atomic E-state index is 0.0740. The molecule has 2 heterocycles. The fourth-order valence-corrected chi connectivity index (χ4v) is 4.39. The number of thioether (sulfide) groups is 1. The van der Waals surface area contributed by atoms with Crippen LogP contribution in [0, 0.1) is 0 Å². The zero-order chi connectivity index (χ0) is 15.4. The molecule has 0 radical (unpaired) electrons. The number of rotatable bonds is 5. The van der Waals surface area contributed by atoms with E-state index in [9.17, 15) is 4.79 Å². The Kier molecular flexibility index (Phi) is 5.18. The smallest absolute Gasteiger partial charge is 0.238 e. The fraction of sp³-hybridized carbons (Fsp3) is 0.353. The van der Waals surface area contributed by atoms with Crippen LogP contribution in [0.25, 0.3) is 0 Å². The van der Waals surface area contributed by atoms with E-state index in [4.69, 9.17) is 0 Å². The first-order valence-electron chi connectivity index (χ1n) is 7.48. The first-order valence-corrected chi connectivity index (χ1v) is 9.58. The number of carbonyl (C=O) groups excluding carboxylic acids is 1. The Morgan fingerprint density at radius 1 is 1.36 bits per heavy atom. The van der Waals surface area contributed by atoms with Crippen molar-refractivity contribution in [2.24, 2.45) is 0 Å². The first-order chi connectivity index (χ1) is 10.8. The summed E-state index contributed by atoms with van der Waals surface area (Å²) in [4.78, 5) is 17.2. The number of hydrogen-bond donors (Lipinski definition) is 1. The van der Waals surface area contributed by atoms with E-state index in [0.717, 1.165) is 30.0 Å². The number of hydrogen-bond acceptors (Lipinski definition) is 4. The maximum absolute atomic E-state index is 12.4. The van der Waals surface area contributed by atoms with Crippen molar-refractivity contribution in [3.63, 3.8) is 0 Å². The monoisotopic (exact) mass is 332 g/mol. The van der Waals surface area contributed by atoms with Crippen molar-refractivity contribution >= 4 is 34.7 Å². The number of amides is 1. The molecule has 3 rings (SSSR count). The molecule has 0 bridgehead atoms. The Hall–Kier alpha value is -1.30. The van der Waals surface area contributed by atoms with Gasteiger partial charge in [0.25, 0.3) is 0 Å². The molecule has 3 nitrogen and oxygen atoms in total. The zero-order valence-electron chi connectivity index (χ0n) is 12.6. The van der Waals surface area contributed by atoms with Gasteiger partial charge in [-0.25, -0.2) is 0 Å². The average Bonchev–Trinajstić information content (AvgIpc) is 3.18. The molecule has 116 valence electrons. The Bertz CT molecular complexity index is 627. The molecule has 1 atom stereocenters. The number of benzene rings is 1. The molecular formula is C17H20N2OS2. The van der Waals surface area contributed by atoms with Crippen LogP contribution in [-0.4, -0.2) is 30.2 Å². The van der Waals surface area contributed by atoms with Gasteiger partial charge in [-0.3, -0.25) is 9.69 Å². The highest BCUT2D eigenvalue weighted by molar-refractivity contribution is 7.98. The lowest BCUT2D eigenvalue weighted by Crippen LogP contribution is -2.32. The highest BCUT2D eigenvalue weighted by Gasteiger charge is 2.28. The van der Waals surface area contributed by atoms with Gasteiger partial charge in [0.2, 0.25) is 5.91 Å². The van der Waals surface area contributed by atoms with Crippen molar-refractivity contribution in [2.45, 2.75) is 23.8 Å².